The Morgan fingerprint density at radius 2 is 2.00 bits per heavy atom. The number of ether oxygens (including phenoxy) is 2. The molecule has 4 heterocycles. The van der Waals surface area contributed by atoms with Gasteiger partial charge < -0.3 is 14.4 Å². The second-order valence-electron chi connectivity index (χ2n) is 7.24. The Balaban J connectivity index is 1.27. The molecule has 0 radical (unpaired) electrons. The first-order valence-electron chi connectivity index (χ1n) is 9.69. The fraction of sp³-hybridized carbons (Fsp3) is 0.450. The van der Waals surface area contributed by atoms with Crippen LogP contribution in [0, 0.1) is 0 Å². The minimum atomic E-state index is 0.624. The minimum absolute atomic E-state index is 0.624. The normalized spacial score (nSPS) is 17.7. The van der Waals surface area contributed by atoms with Crippen molar-refractivity contribution in [3.8, 4) is 5.88 Å². The lowest BCUT2D eigenvalue weighted by Gasteiger charge is -2.36. The topological polar surface area (TPSA) is 68.5 Å². The number of piperazine rings is 1. The molecule has 8 nitrogen and oxygen atoms in total. The van der Waals surface area contributed by atoms with Gasteiger partial charge in [-0.25, -0.2) is 9.97 Å². The Morgan fingerprint density at radius 1 is 1.11 bits per heavy atom. The van der Waals surface area contributed by atoms with Crippen LogP contribution in [0.2, 0.25) is 0 Å². The molecule has 0 spiro atoms. The maximum atomic E-state index is 5.60. The lowest BCUT2D eigenvalue weighted by Crippen LogP contribution is -2.46. The molecule has 0 bridgehead atoms. The van der Waals surface area contributed by atoms with Crippen molar-refractivity contribution in [1.29, 1.82) is 0 Å². The Hall–Kier alpha value is -2.71. The predicted molar refractivity (Wildman–Crippen MR) is 105 cm³/mol. The van der Waals surface area contributed by atoms with Gasteiger partial charge in [-0.2, -0.15) is 5.10 Å². The van der Waals surface area contributed by atoms with Gasteiger partial charge in [-0.15, -0.1) is 0 Å². The zero-order valence-corrected chi connectivity index (χ0v) is 16.0. The average molecular weight is 380 g/mol. The van der Waals surface area contributed by atoms with Gasteiger partial charge in [0, 0.05) is 44.0 Å². The van der Waals surface area contributed by atoms with E-state index in [-0.39, 0.29) is 0 Å². The van der Waals surface area contributed by atoms with E-state index in [0.717, 1.165) is 56.8 Å². The molecule has 0 amide bonds. The van der Waals surface area contributed by atoms with E-state index in [1.165, 1.54) is 16.9 Å². The number of fused-ring (bicyclic) bond motifs is 2. The second-order valence-corrected chi connectivity index (χ2v) is 7.24. The van der Waals surface area contributed by atoms with Crippen molar-refractivity contribution in [3.05, 3.63) is 42.0 Å². The van der Waals surface area contributed by atoms with Crippen molar-refractivity contribution in [3.63, 3.8) is 0 Å². The van der Waals surface area contributed by atoms with Gasteiger partial charge in [0.15, 0.2) is 0 Å². The lowest BCUT2D eigenvalue weighted by molar-refractivity contribution is 0.0786. The average Bonchev–Trinajstić information content (AvgIpc) is 3.16. The van der Waals surface area contributed by atoms with E-state index < -0.39 is 0 Å². The SMILES string of the molecule is COc1ncnc2ccc(N3CCN(Cc4cnn5c4COCC5)CC3)cc12. The number of hydrogen-bond donors (Lipinski definition) is 0. The molecule has 5 rings (SSSR count). The fourth-order valence-electron chi connectivity index (χ4n) is 4.05. The third kappa shape index (κ3) is 3.18. The molecule has 0 saturated carbocycles. The van der Waals surface area contributed by atoms with Crippen LogP contribution in [-0.4, -0.2) is 64.5 Å². The van der Waals surface area contributed by atoms with Gasteiger partial charge in [-0.1, -0.05) is 0 Å². The van der Waals surface area contributed by atoms with Gasteiger partial charge >= 0.3 is 0 Å². The number of aromatic nitrogens is 4. The van der Waals surface area contributed by atoms with Crippen molar-refractivity contribution >= 4 is 16.6 Å². The first kappa shape index (κ1) is 17.4. The van der Waals surface area contributed by atoms with E-state index in [0.29, 0.717) is 12.5 Å². The maximum absolute atomic E-state index is 5.60. The molecule has 1 fully saturated rings. The molecule has 28 heavy (non-hydrogen) atoms. The Bertz CT molecular complexity index is 980. The van der Waals surface area contributed by atoms with Crippen LogP contribution >= 0.6 is 0 Å². The zero-order valence-electron chi connectivity index (χ0n) is 16.0. The number of hydrogen-bond acceptors (Lipinski definition) is 7. The summed E-state index contributed by atoms with van der Waals surface area (Å²) in [5.74, 6) is 0.624. The molecule has 0 atom stereocenters. The van der Waals surface area contributed by atoms with Crippen molar-refractivity contribution < 1.29 is 9.47 Å². The van der Waals surface area contributed by atoms with Crippen LogP contribution in [0.25, 0.3) is 10.9 Å². The van der Waals surface area contributed by atoms with Crippen LogP contribution in [0.4, 0.5) is 5.69 Å². The molecule has 2 aliphatic rings. The highest BCUT2D eigenvalue weighted by atomic mass is 16.5. The van der Waals surface area contributed by atoms with E-state index in [9.17, 15) is 0 Å². The summed E-state index contributed by atoms with van der Waals surface area (Å²) >= 11 is 0. The summed E-state index contributed by atoms with van der Waals surface area (Å²) in [4.78, 5) is 13.5. The molecule has 2 aromatic heterocycles. The molecule has 0 N–H and O–H groups in total. The van der Waals surface area contributed by atoms with E-state index in [2.05, 4.69) is 41.7 Å². The van der Waals surface area contributed by atoms with E-state index >= 15 is 0 Å². The summed E-state index contributed by atoms with van der Waals surface area (Å²) in [6, 6.07) is 6.31. The van der Waals surface area contributed by atoms with Crippen LogP contribution in [0.15, 0.2) is 30.7 Å². The molecular formula is C20H24N6O2. The number of rotatable bonds is 4. The molecular weight excluding hydrogens is 356 g/mol. The molecule has 1 aromatic carbocycles. The van der Waals surface area contributed by atoms with Crippen LogP contribution in [0.3, 0.4) is 0 Å². The summed E-state index contributed by atoms with van der Waals surface area (Å²) in [5.41, 5.74) is 4.62. The van der Waals surface area contributed by atoms with Gasteiger partial charge in [-0.3, -0.25) is 9.58 Å². The number of methoxy groups -OCH3 is 1. The van der Waals surface area contributed by atoms with Gasteiger partial charge in [0.05, 0.1) is 49.7 Å². The van der Waals surface area contributed by atoms with E-state index in [1.807, 2.05) is 12.3 Å². The molecule has 146 valence electrons. The van der Waals surface area contributed by atoms with Crippen molar-refractivity contribution in [2.24, 2.45) is 0 Å². The molecule has 2 aliphatic heterocycles. The van der Waals surface area contributed by atoms with Crippen molar-refractivity contribution in [2.75, 3.05) is 44.8 Å². The van der Waals surface area contributed by atoms with Gasteiger partial charge in [-0.05, 0) is 18.2 Å². The minimum Gasteiger partial charge on any atom is -0.480 e. The van der Waals surface area contributed by atoms with E-state index in [1.54, 1.807) is 13.4 Å². The van der Waals surface area contributed by atoms with Crippen molar-refractivity contribution in [2.45, 2.75) is 19.7 Å². The highest BCUT2D eigenvalue weighted by Gasteiger charge is 2.21. The summed E-state index contributed by atoms with van der Waals surface area (Å²) in [6.45, 7) is 7.25. The third-order valence-corrected chi connectivity index (χ3v) is 5.63. The second kappa shape index (κ2) is 7.37. The highest BCUT2D eigenvalue weighted by molar-refractivity contribution is 5.86. The summed E-state index contributed by atoms with van der Waals surface area (Å²) < 4.78 is 13.1. The largest absolute Gasteiger partial charge is 0.480 e. The molecule has 1 saturated heterocycles. The van der Waals surface area contributed by atoms with Crippen LogP contribution < -0.4 is 9.64 Å². The first-order valence-corrected chi connectivity index (χ1v) is 9.69. The zero-order chi connectivity index (χ0) is 18.9. The summed E-state index contributed by atoms with van der Waals surface area (Å²) in [5, 5.41) is 5.46. The molecule has 8 heteroatoms. The molecule has 0 aliphatic carbocycles. The van der Waals surface area contributed by atoms with Gasteiger partial charge in [0.2, 0.25) is 5.88 Å². The first-order chi connectivity index (χ1) is 13.8. The van der Waals surface area contributed by atoms with Gasteiger partial charge in [0.25, 0.3) is 0 Å². The Kier molecular flexibility index (Phi) is 4.58. The predicted octanol–water partition coefficient (Wildman–Crippen LogP) is 1.69. The van der Waals surface area contributed by atoms with E-state index in [4.69, 9.17) is 9.47 Å². The number of nitrogens with zero attached hydrogens (tertiary/aromatic N) is 6. The third-order valence-electron chi connectivity index (χ3n) is 5.63. The van der Waals surface area contributed by atoms with Crippen LogP contribution in [-0.2, 0) is 24.4 Å². The monoisotopic (exact) mass is 380 g/mol. The smallest absolute Gasteiger partial charge is 0.224 e. The number of benzene rings is 1. The number of anilines is 1. The summed E-state index contributed by atoms with van der Waals surface area (Å²) in [7, 11) is 1.65. The fourth-order valence-corrected chi connectivity index (χ4v) is 4.05. The highest BCUT2D eigenvalue weighted by Crippen LogP contribution is 2.27. The van der Waals surface area contributed by atoms with Crippen molar-refractivity contribution in [1.82, 2.24) is 24.6 Å². The molecule has 0 unspecified atom stereocenters. The summed E-state index contributed by atoms with van der Waals surface area (Å²) in [6.07, 6.45) is 3.55. The Morgan fingerprint density at radius 3 is 2.86 bits per heavy atom. The molecule has 3 aromatic rings. The van der Waals surface area contributed by atoms with Crippen LogP contribution in [0.5, 0.6) is 5.88 Å². The standard InChI is InChI=1S/C20H24N6O2/c1-27-20-17-10-16(2-3-18(17)21-14-22-20)25-6-4-24(5-7-25)12-15-11-23-26-8-9-28-13-19(15)26/h2-3,10-11,14H,4-9,12-13H2,1H3. The van der Waals surface area contributed by atoms with Gasteiger partial charge in [0.1, 0.15) is 6.33 Å². The van der Waals surface area contributed by atoms with Crippen LogP contribution in [0.1, 0.15) is 11.3 Å². The quantitative estimate of drug-likeness (QED) is 0.682. The Labute approximate surface area is 163 Å². The maximum Gasteiger partial charge on any atom is 0.224 e. The lowest BCUT2D eigenvalue weighted by atomic mass is 10.1.